The molecule has 2 amide bonds. The van der Waals surface area contributed by atoms with Gasteiger partial charge in [0.25, 0.3) is 0 Å². The van der Waals surface area contributed by atoms with E-state index in [1.54, 1.807) is 10.9 Å². The Morgan fingerprint density at radius 3 is 2.89 bits per heavy atom. The van der Waals surface area contributed by atoms with Crippen LogP contribution >= 0.6 is 0 Å². The summed E-state index contributed by atoms with van der Waals surface area (Å²) < 4.78 is 1.80. The molecule has 0 radical (unpaired) electrons. The van der Waals surface area contributed by atoms with Crippen molar-refractivity contribution in [3.63, 3.8) is 0 Å². The molecule has 2 atom stereocenters. The molecular formula is C12H19N5O2. The Hall–Kier alpha value is -1.89. The van der Waals surface area contributed by atoms with Crippen molar-refractivity contribution in [2.75, 3.05) is 6.54 Å². The Kier molecular flexibility index (Phi) is 3.84. The minimum absolute atomic E-state index is 0.230. The highest BCUT2D eigenvalue weighted by Gasteiger charge is 2.34. The lowest BCUT2D eigenvalue weighted by molar-refractivity contribution is -0.138. The average Bonchev–Trinajstić information content (AvgIpc) is 2.97. The molecule has 0 unspecified atom stereocenters. The van der Waals surface area contributed by atoms with E-state index < -0.39 is 18.0 Å². The van der Waals surface area contributed by atoms with Crippen molar-refractivity contribution in [2.45, 2.75) is 31.3 Å². The van der Waals surface area contributed by atoms with E-state index in [4.69, 9.17) is 11.5 Å². The van der Waals surface area contributed by atoms with Crippen molar-refractivity contribution >= 4 is 11.8 Å². The highest BCUT2D eigenvalue weighted by Crippen LogP contribution is 2.18. The fraction of sp³-hybridized carbons (Fsp3) is 0.583. The van der Waals surface area contributed by atoms with Crippen LogP contribution in [0.2, 0.25) is 0 Å². The quantitative estimate of drug-likeness (QED) is 0.710. The van der Waals surface area contributed by atoms with E-state index in [9.17, 15) is 9.59 Å². The summed E-state index contributed by atoms with van der Waals surface area (Å²) in [5.41, 5.74) is 12.0. The van der Waals surface area contributed by atoms with Crippen molar-refractivity contribution < 1.29 is 9.59 Å². The van der Waals surface area contributed by atoms with Crippen molar-refractivity contribution in [3.8, 4) is 0 Å². The van der Waals surface area contributed by atoms with Crippen LogP contribution in [0, 0.1) is 0 Å². The number of carbonyl (C=O) groups excluding carboxylic acids is 2. The second-order valence-corrected chi connectivity index (χ2v) is 4.93. The molecular weight excluding hydrogens is 246 g/mol. The Balaban J connectivity index is 2.00. The highest BCUT2D eigenvalue weighted by molar-refractivity contribution is 5.89. The number of rotatable bonds is 4. The number of carbonyl (C=O) groups is 2. The minimum atomic E-state index is -0.685. The molecule has 0 spiro atoms. The van der Waals surface area contributed by atoms with Gasteiger partial charge in [-0.2, -0.15) is 0 Å². The van der Waals surface area contributed by atoms with E-state index in [1.165, 1.54) is 4.90 Å². The van der Waals surface area contributed by atoms with Crippen LogP contribution in [-0.4, -0.2) is 44.9 Å². The zero-order valence-corrected chi connectivity index (χ0v) is 11.0. The number of imidazole rings is 1. The number of hydrogen-bond donors (Lipinski definition) is 2. The van der Waals surface area contributed by atoms with Gasteiger partial charge < -0.3 is 20.9 Å². The van der Waals surface area contributed by atoms with Gasteiger partial charge >= 0.3 is 0 Å². The minimum Gasteiger partial charge on any atom is -0.368 e. The van der Waals surface area contributed by atoms with Gasteiger partial charge in [-0.15, -0.1) is 0 Å². The molecule has 2 heterocycles. The largest absolute Gasteiger partial charge is 0.368 e. The van der Waals surface area contributed by atoms with Crippen LogP contribution in [0.4, 0.5) is 0 Å². The summed E-state index contributed by atoms with van der Waals surface area (Å²) in [7, 11) is 1.85. The van der Waals surface area contributed by atoms with E-state index in [-0.39, 0.29) is 5.91 Å². The van der Waals surface area contributed by atoms with Crippen molar-refractivity contribution in [1.82, 2.24) is 14.5 Å². The molecule has 0 saturated carbocycles. The number of hydrogen-bond acceptors (Lipinski definition) is 4. The molecule has 1 aliphatic rings. The molecule has 1 aromatic rings. The third-order valence-corrected chi connectivity index (χ3v) is 3.37. The third-order valence-electron chi connectivity index (χ3n) is 3.37. The Bertz CT molecular complexity index is 484. The van der Waals surface area contributed by atoms with Crippen LogP contribution in [0.25, 0.3) is 0 Å². The molecule has 0 aromatic carbocycles. The van der Waals surface area contributed by atoms with E-state index in [2.05, 4.69) is 4.98 Å². The SMILES string of the molecule is Cn1cnc(C[C@H](N)C(=O)N2CCC[C@H]2C(N)=O)c1. The molecule has 2 rings (SSSR count). The number of aromatic nitrogens is 2. The normalized spacial score (nSPS) is 20.5. The van der Waals surface area contributed by atoms with Gasteiger partial charge in [-0.3, -0.25) is 9.59 Å². The molecule has 0 aliphatic carbocycles. The maximum atomic E-state index is 12.2. The topological polar surface area (TPSA) is 107 Å². The molecule has 1 fully saturated rings. The summed E-state index contributed by atoms with van der Waals surface area (Å²) in [4.78, 5) is 29.1. The van der Waals surface area contributed by atoms with Crippen molar-refractivity contribution in [1.29, 1.82) is 0 Å². The maximum absolute atomic E-state index is 12.2. The second kappa shape index (κ2) is 5.40. The fourth-order valence-electron chi connectivity index (χ4n) is 2.42. The number of likely N-dealkylation sites (tertiary alicyclic amines) is 1. The summed E-state index contributed by atoms with van der Waals surface area (Å²) in [5.74, 6) is -0.692. The molecule has 0 bridgehead atoms. The fourth-order valence-corrected chi connectivity index (χ4v) is 2.42. The number of nitrogens with zero attached hydrogens (tertiary/aromatic N) is 3. The number of primary amides is 1. The second-order valence-electron chi connectivity index (χ2n) is 4.93. The first-order valence-electron chi connectivity index (χ1n) is 6.31. The molecule has 1 aromatic heterocycles. The van der Waals surface area contributed by atoms with E-state index in [0.717, 1.165) is 12.1 Å². The zero-order valence-electron chi connectivity index (χ0n) is 11.0. The summed E-state index contributed by atoms with van der Waals surface area (Å²) in [6, 6.07) is -1.20. The van der Waals surface area contributed by atoms with E-state index in [0.29, 0.717) is 19.4 Å². The summed E-state index contributed by atoms with van der Waals surface area (Å²) in [5, 5.41) is 0. The Morgan fingerprint density at radius 1 is 1.58 bits per heavy atom. The number of nitrogens with two attached hydrogens (primary N) is 2. The monoisotopic (exact) mass is 265 g/mol. The third kappa shape index (κ3) is 2.93. The Morgan fingerprint density at radius 2 is 2.32 bits per heavy atom. The lowest BCUT2D eigenvalue weighted by atomic mass is 10.1. The van der Waals surface area contributed by atoms with Crippen molar-refractivity contribution in [2.24, 2.45) is 18.5 Å². The first-order valence-corrected chi connectivity index (χ1v) is 6.31. The molecule has 7 nitrogen and oxygen atoms in total. The lowest BCUT2D eigenvalue weighted by Gasteiger charge is -2.25. The van der Waals surface area contributed by atoms with Gasteiger partial charge in [-0.05, 0) is 12.8 Å². The summed E-state index contributed by atoms with van der Waals surface area (Å²) in [6.07, 6.45) is 5.26. The van der Waals surface area contributed by atoms with Crippen LogP contribution in [0.3, 0.4) is 0 Å². The lowest BCUT2D eigenvalue weighted by Crippen LogP contribution is -2.50. The van der Waals surface area contributed by atoms with Crippen molar-refractivity contribution in [3.05, 3.63) is 18.2 Å². The highest BCUT2D eigenvalue weighted by atomic mass is 16.2. The standard InChI is InChI=1S/C12H19N5O2/c1-16-6-8(15-7-16)5-9(13)12(19)17-4-2-3-10(17)11(14)18/h6-7,9-10H,2-5,13H2,1H3,(H2,14,18)/t9-,10-/m0/s1. The van der Waals surface area contributed by atoms with Gasteiger partial charge in [-0.1, -0.05) is 0 Å². The zero-order chi connectivity index (χ0) is 14.0. The molecule has 19 heavy (non-hydrogen) atoms. The van der Waals surface area contributed by atoms with Gasteiger partial charge in [0, 0.05) is 26.2 Å². The van der Waals surface area contributed by atoms with Gasteiger partial charge in [0.1, 0.15) is 6.04 Å². The average molecular weight is 265 g/mol. The van der Waals surface area contributed by atoms with E-state index >= 15 is 0 Å². The van der Waals surface area contributed by atoms with Crippen LogP contribution in [0.1, 0.15) is 18.5 Å². The molecule has 104 valence electrons. The van der Waals surface area contributed by atoms with Gasteiger partial charge in [0.05, 0.1) is 18.1 Å². The predicted octanol–water partition coefficient (Wildman–Crippen LogP) is -1.23. The van der Waals surface area contributed by atoms with Gasteiger partial charge in [0.15, 0.2) is 0 Å². The number of aryl methyl sites for hydroxylation is 1. The summed E-state index contributed by atoms with van der Waals surface area (Å²) >= 11 is 0. The predicted molar refractivity (Wildman–Crippen MR) is 68.8 cm³/mol. The maximum Gasteiger partial charge on any atom is 0.240 e. The van der Waals surface area contributed by atoms with E-state index in [1.807, 2.05) is 13.2 Å². The Labute approximate surface area is 111 Å². The molecule has 7 heteroatoms. The van der Waals surface area contributed by atoms with Crippen LogP contribution in [0.15, 0.2) is 12.5 Å². The molecule has 4 N–H and O–H groups in total. The smallest absolute Gasteiger partial charge is 0.240 e. The van der Waals surface area contributed by atoms with Gasteiger partial charge in [-0.25, -0.2) is 4.98 Å². The summed E-state index contributed by atoms with van der Waals surface area (Å²) in [6.45, 7) is 0.544. The first-order chi connectivity index (χ1) is 8.99. The molecule has 1 aliphatic heterocycles. The van der Waals surface area contributed by atoms with Crippen LogP contribution in [0.5, 0.6) is 0 Å². The number of amides is 2. The van der Waals surface area contributed by atoms with Crippen LogP contribution < -0.4 is 11.5 Å². The van der Waals surface area contributed by atoms with Crippen LogP contribution in [-0.2, 0) is 23.1 Å². The first kappa shape index (κ1) is 13.5. The van der Waals surface area contributed by atoms with Gasteiger partial charge in [0.2, 0.25) is 11.8 Å². The molecule has 1 saturated heterocycles.